The van der Waals surface area contributed by atoms with E-state index in [4.69, 9.17) is 4.74 Å². The number of hydrogen-bond acceptors (Lipinski definition) is 5. The van der Waals surface area contributed by atoms with Gasteiger partial charge in [-0.25, -0.2) is 4.39 Å². The quantitative estimate of drug-likeness (QED) is 0.716. The third-order valence-corrected chi connectivity index (χ3v) is 5.03. The van der Waals surface area contributed by atoms with Crippen LogP contribution in [-0.2, 0) is 11.8 Å². The van der Waals surface area contributed by atoms with Crippen LogP contribution in [0.15, 0.2) is 36.7 Å². The zero-order valence-corrected chi connectivity index (χ0v) is 16.4. The van der Waals surface area contributed by atoms with Gasteiger partial charge in [0, 0.05) is 44.5 Å². The molecule has 0 bridgehead atoms. The molecular weight excluding hydrogens is 361 g/mol. The van der Waals surface area contributed by atoms with Crippen LogP contribution in [0.4, 0.5) is 4.39 Å². The van der Waals surface area contributed by atoms with Crippen LogP contribution in [0, 0.1) is 5.82 Å². The Hall–Kier alpha value is -2.45. The number of halogens is 1. The summed E-state index contributed by atoms with van der Waals surface area (Å²) in [5.74, 6) is 0.395. The van der Waals surface area contributed by atoms with Crippen molar-refractivity contribution in [1.82, 2.24) is 25.3 Å². The number of ether oxygens (including phenoxy) is 1. The summed E-state index contributed by atoms with van der Waals surface area (Å²) in [6.45, 7) is 3.20. The van der Waals surface area contributed by atoms with E-state index in [1.807, 2.05) is 13.2 Å². The number of amides is 1. The van der Waals surface area contributed by atoms with Crippen LogP contribution in [0.2, 0.25) is 0 Å². The second-order valence-electron chi connectivity index (χ2n) is 7.10. The van der Waals surface area contributed by atoms with Gasteiger partial charge in [0.25, 0.3) is 0 Å². The van der Waals surface area contributed by atoms with E-state index in [2.05, 4.69) is 20.6 Å². The van der Waals surface area contributed by atoms with Gasteiger partial charge in [0.2, 0.25) is 5.91 Å². The normalized spacial score (nSPS) is 16.7. The predicted octanol–water partition coefficient (Wildman–Crippen LogP) is 1.48. The van der Waals surface area contributed by atoms with Gasteiger partial charge in [-0.15, -0.1) is 0 Å². The number of benzene rings is 1. The van der Waals surface area contributed by atoms with Crippen molar-refractivity contribution in [3.8, 4) is 5.75 Å². The summed E-state index contributed by atoms with van der Waals surface area (Å²) in [6, 6.07) is 5.85. The van der Waals surface area contributed by atoms with E-state index in [0.717, 1.165) is 38.0 Å². The average Bonchev–Trinajstić information content (AvgIpc) is 3.11. The number of nitrogens with zero attached hydrogens (tertiary/aromatic N) is 3. The number of piperidine rings is 1. The zero-order valence-electron chi connectivity index (χ0n) is 16.4. The van der Waals surface area contributed by atoms with Crippen molar-refractivity contribution in [1.29, 1.82) is 0 Å². The number of carbonyl (C=O) groups excluding carboxylic acids is 1. The molecule has 1 fully saturated rings. The lowest BCUT2D eigenvalue weighted by atomic mass is 10.0. The summed E-state index contributed by atoms with van der Waals surface area (Å²) in [6.07, 6.45) is 5.38. The molecule has 28 heavy (non-hydrogen) atoms. The minimum Gasteiger partial charge on any atom is -0.492 e. The fraction of sp³-hybridized carbons (Fsp3) is 0.500. The van der Waals surface area contributed by atoms with E-state index in [9.17, 15) is 9.18 Å². The molecule has 1 amide bonds. The van der Waals surface area contributed by atoms with Crippen LogP contribution < -0.4 is 15.4 Å². The van der Waals surface area contributed by atoms with Gasteiger partial charge in [0.1, 0.15) is 24.2 Å². The Morgan fingerprint density at radius 1 is 1.32 bits per heavy atom. The standard InChI is InChI=1S/C20H28FN5O2/c1-22-19(15-13-23-25(2)14-15)20(27)24-17-7-9-26(10-8-17)11-12-28-18-5-3-16(21)4-6-18/h3-6,13-14,17,19,22H,7-12H2,1-2H3,(H,24,27). The first-order valence-corrected chi connectivity index (χ1v) is 9.62. The van der Waals surface area contributed by atoms with Crippen LogP contribution in [0.3, 0.4) is 0 Å². The van der Waals surface area contributed by atoms with Crippen molar-refractivity contribution in [3.05, 3.63) is 48.0 Å². The number of likely N-dealkylation sites (N-methyl/N-ethyl adjacent to an activating group) is 1. The second kappa shape index (κ2) is 9.66. The third-order valence-electron chi connectivity index (χ3n) is 5.03. The maximum absolute atomic E-state index is 12.9. The highest BCUT2D eigenvalue weighted by atomic mass is 19.1. The molecule has 2 heterocycles. The monoisotopic (exact) mass is 389 g/mol. The maximum atomic E-state index is 12.9. The topological polar surface area (TPSA) is 71.4 Å². The van der Waals surface area contributed by atoms with E-state index in [1.165, 1.54) is 12.1 Å². The fourth-order valence-corrected chi connectivity index (χ4v) is 3.45. The van der Waals surface area contributed by atoms with Crippen LogP contribution in [0.5, 0.6) is 5.75 Å². The molecule has 0 spiro atoms. The van der Waals surface area contributed by atoms with Gasteiger partial charge in [-0.05, 0) is 44.2 Å². The summed E-state index contributed by atoms with van der Waals surface area (Å²) in [7, 11) is 3.62. The molecule has 3 rings (SSSR count). The largest absolute Gasteiger partial charge is 0.492 e. The summed E-state index contributed by atoms with van der Waals surface area (Å²) in [4.78, 5) is 14.9. The summed E-state index contributed by atoms with van der Waals surface area (Å²) in [5, 5.41) is 10.4. The third kappa shape index (κ3) is 5.53. The highest BCUT2D eigenvalue weighted by Gasteiger charge is 2.25. The molecule has 0 radical (unpaired) electrons. The molecule has 2 aromatic rings. The summed E-state index contributed by atoms with van der Waals surface area (Å²) in [5.41, 5.74) is 0.859. The maximum Gasteiger partial charge on any atom is 0.242 e. The Labute approximate surface area is 164 Å². The number of aryl methyl sites for hydroxylation is 1. The second-order valence-corrected chi connectivity index (χ2v) is 7.10. The van der Waals surface area contributed by atoms with Gasteiger partial charge in [0.05, 0.1) is 6.20 Å². The number of carbonyl (C=O) groups is 1. The number of nitrogens with one attached hydrogen (secondary N) is 2. The van der Waals surface area contributed by atoms with E-state index < -0.39 is 6.04 Å². The van der Waals surface area contributed by atoms with Gasteiger partial charge < -0.3 is 15.4 Å². The lowest BCUT2D eigenvalue weighted by Crippen LogP contribution is -2.48. The van der Waals surface area contributed by atoms with Crippen molar-refractivity contribution < 1.29 is 13.9 Å². The first-order valence-electron chi connectivity index (χ1n) is 9.62. The zero-order chi connectivity index (χ0) is 19.9. The lowest BCUT2D eigenvalue weighted by Gasteiger charge is -2.32. The van der Waals surface area contributed by atoms with Crippen molar-refractivity contribution in [2.45, 2.75) is 24.9 Å². The summed E-state index contributed by atoms with van der Waals surface area (Å²) >= 11 is 0. The number of hydrogen-bond donors (Lipinski definition) is 2. The average molecular weight is 389 g/mol. The van der Waals surface area contributed by atoms with E-state index in [-0.39, 0.29) is 17.8 Å². The van der Waals surface area contributed by atoms with Crippen molar-refractivity contribution in [2.24, 2.45) is 7.05 Å². The first-order chi connectivity index (χ1) is 13.5. The number of aromatic nitrogens is 2. The SMILES string of the molecule is CNC(C(=O)NC1CCN(CCOc2ccc(F)cc2)CC1)c1cnn(C)c1. The Balaban J connectivity index is 1.38. The molecule has 7 nitrogen and oxygen atoms in total. The Kier molecular flexibility index (Phi) is 7.00. The predicted molar refractivity (Wildman–Crippen MR) is 105 cm³/mol. The molecule has 0 saturated carbocycles. The van der Waals surface area contributed by atoms with Crippen LogP contribution >= 0.6 is 0 Å². The van der Waals surface area contributed by atoms with Crippen molar-refractivity contribution in [3.63, 3.8) is 0 Å². The number of rotatable bonds is 8. The molecule has 1 aliphatic rings. The molecular formula is C20H28FN5O2. The Morgan fingerprint density at radius 3 is 2.64 bits per heavy atom. The van der Waals surface area contributed by atoms with Crippen molar-refractivity contribution >= 4 is 5.91 Å². The van der Waals surface area contributed by atoms with Gasteiger partial charge in [-0.3, -0.25) is 14.4 Å². The molecule has 1 aromatic carbocycles. The van der Waals surface area contributed by atoms with Gasteiger partial charge in [-0.2, -0.15) is 5.10 Å². The molecule has 1 aromatic heterocycles. The van der Waals surface area contributed by atoms with E-state index in [0.29, 0.717) is 12.4 Å². The molecule has 1 unspecified atom stereocenters. The molecule has 0 aliphatic carbocycles. The highest BCUT2D eigenvalue weighted by molar-refractivity contribution is 5.83. The Bertz CT molecular complexity index is 756. The lowest BCUT2D eigenvalue weighted by molar-refractivity contribution is -0.124. The van der Waals surface area contributed by atoms with Crippen LogP contribution in [0.1, 0.15) is 24.4 Å². The molecule has 1 atom stereocenters. The molecule has 1 saturated heterocycles. The van der Waals surface area contributed by atoms with Gasteiger partial charge >= 0.3 is 0 Å². The minimum atomic E-state index is -0.393. The number of likely N-dealkylation sites (tertiary alicyclic amines) is 1. The molecule has 8 heteroatoms. The minimum absolute atomic E-state index is 0.0198. The first kappa shape index (κ1) is 20.3. The molecule has 2 N–H and O–H groups in total. The summed E-state index contributed by atoms with van der Waals surface area (Å²) < 4.78 is 20.2. The van der Waals surface area contributed by atoms with E-state index >= 15 is 0 Å². The van der Waals surface area contributed by atoms with Crippen molar-refractivity contribution in [2.75, 3.05) is 33.3 Å². The fourth-order valence-electron chi connectivity index (χ4n) is 3.45. The highest BCUT2D eigenvalue weighted by Crippen LogP contribution is 2.15. The van der Waals surface area contributed by atoms with Crippen LogP contribution in [0.25, 0.3) is 0 Å². The smallest absolute Gasteiger partial charge is 0.242 e. The Morgan fingerprint density at radius 2 is 2.04 bits per heavy atom. The molecule has 1 aliphatic heterocycles. The van der Waals surface area contributed by atoms with Crippen LogP contribution in [-0.4, -0.2) is 59.9 Å². The van der Waals surface area contributed by atoms with E-state index in [1.54, 1.807) is 30.1 Å². The van der Waals surface area contributed by atoms with Gasteiger partial charge in [-0.1, -0.05) is 0 Å². The van der Waals surface area contributed by atoms with Gasteiger partial charge in [0.15, 0.2) is 0 Å². The molecule has 152 valence electrons.